The Kier molecular flexibility index (Phi) is 7.34. The van der Waals surface area contributed by atoms with E-state index in [0.717, 1.165) is 48.5 Å². The number of benzene rings is 2. The number of aromatic nitrogens is 1. The van der Waals surface area contributed by atoms with Gasteiger partial charge in [0.2, 0.25) is 0 Å². The van der Waals surface area contributed by atoms with Crippen LogP contribution in [0.5, 0.6) is 11.5 Å². The van der Waals surface area contributed by atoms with Crippen LogP contribution in [0, 0.1) is 0 Å². The fourth-order valence-corrected chi connectivity index (χ4v) is 3.57. The van der Waals surface area contributed by atoms with Crippen molar-refractivity contribution in [3.63, 3.8) is 0 Å². The van der Waals surface area contributed by atoms with Crippen molar-refractivity contribution in [2.45, 2.75) is 12.8 Å². The number of pyridine rings is 1. The Hall–Kier alpha value is -2.57. The van der Waals surface area contributed by atoms with Crippen molar-refractivity contribution in [1.29, 1.82) is 0 Å². The summed E-state index contributed by atoms with van der Waals surface area (Å²) in [6, 6.07) is 11.5. The number of hydrogen-bond acceptors (Lipinski definition) is 5. The van der Waals surface area contributed by atoms with E-state index >= 15 is 0 Å². The molecule has 6 nitrogen and oxygen atoms in total. The fourth-order valence-electron chi connectivity index (χ4n) is 3.57. The Balaban J connectivity index is 1.84. The van der Waals surface area contributed by atoms with Crippen molar-refractivity contribution < 1.29 is 9.47 Å². The van der Waals surface area contributed by atoms with Gasteiger partial charge in [0.25, 0.3) is 0 Å². The smallest absolute Gasteiger partial charge is 0.197 e. The molecule has 2 aromatic carbocycles. The Morgan fingerprint density at radius 2 is 1.33 bits per heavy atom. The lowest BCUT2D eigenvalue weighted by atomic mass is 10.1. The monoisotopic (exact) mass is 411 g/mol. The maximum Gasteiger partial charge on any atom is 0.197 e. The molecule has 0 bridgehead atoms. The summed E-state index contributed by atoms with van der Waals surface area (Å²) in [5, 5.41) is 1.37. The molecule has 3 aromatic rings. The van der Waals surface area contributed by atoms with Crippen LogP contribution in [0.2, 0.25) is 0 Å². The molecule has 0 spiro atoms. The third kappa shape index (κ3) is 5.32. The summed E-state index contributed by atoms with van der Waals surface area (Å²) in [6.07, 6.45) is 1.90. The van der Waals surface area contributed by atoms with Crippen LogP contribution in [0.25, 0.3) is 21.8 Å². The van der Waals surface area contributed by atoms with Crippen molar-refractivity contribution in [2.24, 2.45) is 7.05 Å². The van der Waals surface area contributed by atoms with Gasteiger partial charge in [-0.3, -0.25) is 4.79 Å². The minimum Gasteiger partial charge on any atom is -0.494 e. The second kappa shape index (κ2) is 9.96. The molecule has 0 aliphatic heterocycles. The maximum absolute atomic E-state index is 13.1. The largest absolute Gasteiger partial charge is 0.494 e. The summed E-state index contributed by atoms with van der Waals surface area (Å²) < 4.78 is 13.8. The number of aryl methyl sites for hydroxylation is 1. The lowest BCUT2D eigenvalue weighted by molar-refractivity contribution is 0.281. The van der Waals surface area contributed by atoms with E-state index in [0.29, 0.717) is 24.0 Å². The molecule has 0 aliphatic carbocycles. The highest BCUT2D eigenvalue weighted by atomic mass is 16.5. The van der Waals surface area contributed by atoms with Crippen LogP contribution in [0.4, 0.5) is 0 Å². The van der Waals surface area contributed by atoms with Gasteiger partial charge in [-0.1, -0.05) is 0 Å². The summed E-state index contributed by atoms with van der Waals surface area (Å²) in [5.74, 6) is 1.52. The summed E-state index contributed by atoms with van der Waals surface area (Å²) in [7, 11) is 10.2. The second-order valence-electron chi connectivity index (χ2n) is 8.26. The van der Waals surface area contributed by atoms with Gasteiger partial charge in [0, 0.05) is 37.0 Å². The summed E-state index contributed by atoms with van der Waals surface area (Å²) in [5.41, 5.74) is 1.78. The molecule has 6 heteroatoms. The average molecular weight is 412 g/mol. The number of nitrogens with zero attached hydrogens (tertiary/aromatic N) is 3. The van der Waals surface area contributed by atoms with Gasteiger partial charge < -0.3 is 23.8 Å². The van der Waals surface area contributed by atoms with Gasteiger partial charge in [-0.2, -0.15) is 0 Å². The zero-order valence-electron chi connectivity index (χ0n) is 18.8. The van der Waals surface area contributed by atoms with Gasteiger partial charge >= 0.3 is 0 Å². The molecule has 0 fully saturated rings. The maximum atomic E-state index is 13.1. The van der Waals surface area contributed by atoms with Crippen molar-refractivity contribution in [1.82, 2.24) is 14.4 Å². The molecule has 1 heterocycles. The molecule has 0 amide bonds. The second-order valence-corrected chi connectivity index (χ2v) is 8.26. The number of hydrogen-bond donors (Lipinski definition) is 0. The standard InChI is InChI=1S/C24H33N3O3/c1-25(2)12-6-14-29-18-9-11-22-21(16-18)24(28)20-10-8-19(17-23(20)27(22)5)30-15-7-13-26(3)4/h8-11,16-17H,6-7,12-15H2,1-5H3. The predicted molar refractivity (Wildman–Crippen MR) is 124 cm³/mol. The first kappa shape index (κ1) is 22.1. The molecule has 0 radical (unpaired) electrons. The number of ether oxygens (including phenoxy) is 2. The van der Waals surface area contributed by atoms with Gasteiger partial charge in [0.05, 0.1) is 24.2 Å². The van der Waals surface area contributed by atoms with Crippen LogP contribution < -0.4 is 14.9 Å². The summed E-state index contributed by atoms with van der Waals surface area (Å²) >= 11 is 0. The molecule has 1 aromatic heterocycles. The average Bonchev–Trinajstić information content (AvgIpc) is 2.72. The molecule has 0 saturated heterocycles. The van der Waals surface area contributed by atoms with Crippen LogP contribution in [0.3, 0.4) is 0 Å². The Bertz CT molecular complexity index is 1060. The van der Waals surface area contributed by atoms with Gasteiger partial charge in [0.15, 0.2) is 5.43 Å². The Morgan fingerprint density at radius 1 is 0.767 bits per heavy atom. The fraction of sp³-hybridized carbons (Fsp3) is 0.458. The molecule has 0 N–H and O–H groups in total. The highest BCUT2D eigenvalue weighted by Crippen LogP contribution is 2.25. The number of rotatable bonds is 10. The lowest BCUT2D eigenvalue weighted by Gasteiger charge is -2.14. The minimum absolute atomic E-state index is 0.0241. The van der Waals surface area contributed by atoms with Crippen molar-refractivity contribution >= 4 is 21.8 Å². The molecular formula is C24H33N3O3. The van der Waals surface area contributed by atoms with Crippen molar-refractivity contribution in [3.05, 3.63) is 46.6 Å². The van der Waals surface area contributed by atoms with Gasteiger partial charge in [-0.15, -0.1) is 0 Å². The van der Waals surface area contributed by atoms with E-state index < -0.39 is 0 Å². The first-order chi connectivity index (χ1) is 14.4. The lowest BCUT2D eigenvalue weighted by Crippen LogP contribution is -2.16. The molecule has 0 unspecified atom stereocenters. The highest BCUT2D eigenvalue weighted by Gasteiger charge is 2.11. The summed E-state index contributed by atoms with van der Waals surface area (Å²) in [6.45, 7) is 3.24. The molecule has 162 valence electrons. The quantitative estimate of drug-likeness (QED) is 0.378. The molecule has 0 saturated carbocycles. The van der Waals surface area contributed by atoms with Crippen LogP contribution in [-0.2, 0) is 7.05 Å². The predicted octanol–water partition coefficient (Wildman–Crippen LogP) is 3.35. The van der Waals surface area contributed by atoms with Crippen LogP contribution in [0.15, 0.2) is 41.2 Å². The molecule has 3 rings (SSSR count). The van der Waals surface area contributed by atoms with Gasteiger partial charge in [-0.25, -0.2) is 0 Å². The Labute approximate surface area is 178 Å². The first-order valence-electron chi connectivity index (χ1n) is 10.5. The molecule has 0 aliphatic rings. The number of fused-ring (bicyclic) bond motifs is 2. The van der Waals surface area contributed by atoms with Crippen molar-refractivity contribution in [2.75, 3.05) is 54.5 Å². The van der Waals surface area contributed by atoms with E-state index in [1.165, 1.54) is 0 Å². The Morgan fingerprint density at radius 3 is 1.93 bits per heavy atom. The van der Waals surface area contributed by atoms with E-state index in [4.69, 9.17) is 9.47 Å². The van der Waals surface area contributed by atoms with Crippen LogP contribution in [-0.4, -0.2) is 68.9 Å². The van der Waals surface area contributed by atoms with Gasteiger partial charge in [0.1, 0.15) is 11.5 Å². The van der Waals surface area contributed by atoms with E-state index in [1.807, 2.05) is 57.5 Å². The highest BCUT2D eigenvalue weighted by molar-refractivity contribution is 5.94. The normalized spacial score (nSPS) is 11.7. The minimum atomic E-state index is 0.0241. The third-order valence-electron chi connectivity index (χ3n) is 5.19. The van der Waals surface area contributed by atoms with E-state index in [1.54, 1.807) is 0 Å². The SMILES string of the molecule is CN(C)CCCOc1ccc2c(c1)c(=O)c1ccc(OCCCN(C)C)cc1n2C. The van der Waals surface area contributed by atoms with E-state index in [2.05, 4.69) is 28.5 Å². The summed E-state index contributed by atoms with van der Waals surface area (Å²) in [4.78, 5) is 17.4. The molecule has 0 atom stereocenters. The van der Waals surface area contributed by atoms with E-state index in [-0.39, 0.29) is 5.43 Å². The van der Waals surface area contributed by atoms with Crippen LogP contribution in [0.1, 0.15) is 12.8 Å². The van der Waals surface area contributed by atoms with Gasteiger partial charge in [-0.05, 0) is 71.4 Å². The van der Waals surface area contributed by atoms with Crippen molar-refractivity contribution in [3.8, 4) is 11.5 Å². The van der Waals surface area contributed by atoms with Crippen LogP contribution >= 0.6 is 0 Å². The molecular weight excluding hydrogens is 378 g/mol. The van der Waals surface area contributed by atoms with E-state index in [9.17, 15) is 4.79 Å². The zero-order valence-corrected chi connectivity index (χ0v) is 18.8. The first-order valence-corrected chi connectivity index (χ1v) is 10.5. The zero-order chi connectivity index (χ0) is 21.7. The third-order valence-corrected chi connectivity index (χ3v) is 5.19. The molecule has 30 heavy (non-hydrogen) atoms. The topological polar surface area (TPSA) is 46.9 Å².